The molecule has 0 aliphatic carbocycles. The zero-order valence-electron chi connectivity index (χ0n) is 10.9. The van der Waals surface area contributed by atoms with E-state index < -0.39 is 0 Å². The van der Waals surface area contributed by atoms with Crippen LogP contribution >= 0.6 is 15.9 Å². The van der Waals surface area contributed by atoms with Crippen molar-refractivity contribution in [3.8, 4) is 0 Å². The Hall–Kier alpha value is -0.750. The third kappa shape index (κ3) is 3.86. The second-order valence-electron chi connectivity index (χ2n) is 4.85. The van der Waals surface area contributed by atoms with Gasteiger partial charge in [-0.2, -0.15) is 0 Å². The lowest BCUT2D eigenvalue weighted by Crippen LogP contribution is -2.49. The predicted molar refractivity (Wildman–Crippen MR) is 76.3 cm³/mol. The number of halogens is 1. The van der Waals surface area contributed by atoms with Crippen LogP contribution in [0.1, 0.15) is 17.3 Å². The lowest BCUT2D eigenvalue weighted by molar-refractivity contribution is -0.0926. The van der Waals surface area contributed by atoms with Gasteiger partial charge in [0.25, 0.3) is 0 Å². The van der Waals surface area contributed by atoms with Crippen molar-refractivity contribution < 1.29 is 14.6 Å². The topological polar surface area (TPSA) is 49.8 Å². The second kappa shape index (κ2) is 6.61. The second-order valence-corrected chi connectivity index (χ2v) is 5.70. The number of benzene rings is 1. The Bertz CT molecular complexity index is 452. The standard InChI is InChI=1S/C14H18BrNO3/c1-10-6-16(7-11(9-17)19-10)8-14(18)12-4-2-3-5-13(12)15/h2-5,10-11,17H,6-9H2,1H3. The Morgan fingerprint density at radius 2 is 2.21 bits per heavy atom. The first kappa shape index (κ1) is 14.7. The molecule has 2 atom stereocenters. The highest BCUT2D eigenvalue weighted by atomic mass is 79.9. The molecule has 0 amide bonds. The van der Waals surface area contributed by atoms with Gasteiger partial charge >= 0.3 is 0 Å². The number of morpholine rings is 1. The molecule has 2 unspecified atom stereocenters. The summed E-state index contributed by atoms with van der Waals surface area (Å²) in [4.78, 5) is 14.3. The number of nitrogens with zero attached hydrogens (tertiary/aromatic N) is 1. The minimum absolute atomic E-state index is 0.00986. The smallest absolute Gasteiger partial charge is 0.177 e. The Balaban J connectivity index is 2.01. The first-order valence-corrected chi connectivity index (χ1v) is 7.16. The number of carbonyl (C=O) groups excluding carboxylic acids is 1. The number of aliphatic hydroxyl groups excluding tert-OH is 1. The molecule has 4 nitrogen and oxygen atoms in total. The molecule has 1 aromatic rings. The fourth-order valence-corrected chi connectivity index (χ4v) is 2.85. The molecule has 1 aliphatic rings. The highest BCUT2D eigenvalue weighted by Crippen LogP contribution is 2.18. The summed E-state index contributed by atoms with van der Waals surface area (Å²) < 4.78 is 6.38. The summed E-state index contributed by atoms with van der Waals surface area (Å²) in [5, 5.41) is 9.18. The van der Waals surface area contributed by atoms with Crippen LogP contribution in [0.25, 0.3) is 0 Å². The maximum atomic E-state index is 12.3. The van der Waals surface area contributed by atoms with Gasteiger partial charge in [-0.05, 0) is 13.0 Å². The van der Waals surface area contributed by atoms with Crippen molar-refractivity contribution in [3.05, 3.63) is 34.3 Å². The Kier molecular flexibility index (Phi) is 5.10. The van der Waals surface area contributed by atoms with Crippen molar-refractivity contribution in [2.45, 2.75) is 19.1 Å². The highest BCUT2D eigenvalue weighted by Gasteiger charge is 2.26. The fourth-order valence-electron chi connectivity index (χ4n) is 2.35. The van der Waals surface area contributed by atoms with E-state index in [2.05, 4.69) is 15.9 Å². The Labute approximate surface area is 121 Å². The van der Waals surface area contributed by atoms with Crippen LogP contribution in [0.5, 0.6) is 0 Å². The van der Waals surface area contributed by atoms with Gasteiger partial charge in [-0.25, -0.2) is 0 Å². The monoisotopic (exact) mass is 327 g/mol. The number of ether oxygens (including phenoxy) is 1. The van der Waals surface area contributed by atoms with Gasteiger partial charge in [0, 0.05) is 23.1 Å². The van der Waals surface area contributed by atoms with Gasteiger partial charge in [0.05, 0.1) is 25.4 Å². The Morgan fingerprint density at radius 1 is 1.47 bits per heavy atom. The van der Waals surface area contributed by atoms with E-state index in [9.17, 15) is 9.90 Å². The summed E-state index contributed by atoms with van der Waals surface area (Å²) in [6.45, 7) is 3.61. The van der Waals surface area contributed by atoms with Crippen LogP contribution in [-0.4, -0.2) is 54.2 Å². The van der Waals surface area contributed by atoms with Crippen LogP contribution in [0.4, 0.5) is 0 Å². The van der Waals surface area contributed by atoms with Gasteiger partial charge in [-0.1, -0.05) is 34.1 Å². The van der Waals surface area contributed by atoms with Crippen molar-refractivity contribution in [1.82, 2.24) is 4.90 Å². The maximum Gasteiger partial charge on any atom is 0.177 e. The van der Waals surface area contributed by atoms with Crippen molar-refractivity contribution in [2.75, 3.05) is 26.2 Å². The van der Waals surface area contributed by atoms with Crippen LogP contribution in [0, 0.1) is 0 Å². The summed E-state index contributed by atoms with van der Waals surface area (Å²) in [5.41, 5.74) is 0.696. The largest absolute Gasteiger partial charge is 0.394 e. The van der Waals surface area contributed by atoms with E-state index >= 15 is 0 Å². The zero-order valence-corrected chi connectivity index (χ0v) is 12.5. The number of hydrogen-bond acceptors (Lipinski definition) is 4. The summed E-state index contributed by atoms with van der Waals surface area (Å²) >= 11 is 3.40. The minimum atomic E-state index is -0.198. The number of Topliss-reactive ketones (excluding diaryl/α,β-unsaturated/α-hetero) is 1. The van der Waals surface area contributed by atoms with E-state index in [0.29, 0.717) is 25.2 Å². The number of rotatable bonds is 4. The van der Waals surface area contributed by atoms with Gasteiger partial charge in [0.15, 0.2) is 5.78 Å². The molecule has 1 heterocycles. The molecule has 0 radical (unpaired) electrons. The third-order valence-corrected chi connectivity index (χ3v) is 3.84. The highest BCUT2D eigenvalue weighted by molar-refractivity contribution is 9.10. The predicted octanol–water partition coefficient (Wildman–Crippen LogP) is 1.71. The van der Waals surface area contributed by atoms with Crippen LogP contribution in [0.15, 0.2) is 28.7 Å². The number of ketones is 1. The van der Waals surface area contributed by atoms with Crippen molar-refractivity contribution in [2.24, 2.45) is 0 Å². The third-order valence-electron chi connectivity index (χ3n) is 3.15. The van der Waals surface area contributed by atoms with Crippen LogP contribution in [-0.2, 0) is 4.74 Å². The van der Waals surface area contributed by atoms with E-state index in [1.165, 1.54) is 0 Å². The van der Waals surface area contributed by atoms with E-state index in [0.717, 1.165) is 4.47 Å². The molecule has 5 heteroatoms. The maximum absolute atomic E-state index is 12.3. The quantitative estimate of drug-likeness (QED) is 0.855. The molecule has 19 heavy (non-hydrogen) atoms. The molecule has 0 aromatic heterocycles. The van der Waals surface area contributed by atoms with Gasteiger partial charge in [0.1, 0.15) is 0 Å². The normalized spacial score (nSPS) is 24.4. The first-order valence-electron chi connectivity index (χ1n) is 6.36. The SMILES string of the molecule is CC1CN(CC(=O)c2ccccc2Br)CC(CO)O1. The molecule has 0 saturated carbocycles. The van der Waals surface area contributed by atoms with Crippen LogP contribution < -0.4 is 0 Å². The molecular formula is C14H18BrNO3. The lowest BCUT2D eigenvalue weighted by Gasteiger charge is -2.35. The van der Waals surface area contributed by atoms with Crippen molar-refractivity contribution in [3.63, 3.8) is 0 Å². The molecule has 2 rings (SSSR count). The van der Waals surface area contributed by atoms with Crippen LogP contribution in [0.3, 0.4) is 0 Å². The molecule has 0 spiro atoms. The molecule has 1 aliphatic heterocycles. The average molecular weight is 328 g/mol. The van der Waals surface area contributed by atoms with Gasteiger partial charge in [-0.15, -0.1) is 0 Å². The molecule has 0 bridgehead atoms. The molecule has 1 aromatic carbocycles. The van der Waals surface area contributed by atoms with E-state index in [-0.39, 0.29) is 24.6 Å². The Morgan fingerprint density at radius 3 is 2.89 bits per heavy atom. The molecule has 104 valence electrons. The minimum Gasteiger partial charge on any atom is -0.394 e. The van der Waals surface area contributed by atoms with E-state index in [1.807, 2.05) is 36.1 Å². The first-order chi connectivity index (χ1) is 9.10. The lowest BCUT2D eigenvalue weighted by atomic mass is 10.1. The summed E-state index contributed by atoms with van der Waals surface area (Å²) in [6.07, 6.45) is -0.159. The van der Waals surface area contributed by atoms with Gasteiger partial charge < -0.3 is 9.84 Å². The van der Waals surface area contributed by atoms with Crippen molar-refractivity contribution >= 4 is 21.7 Å². The average Bonchev–Trinajstić information content (AvgIpc) is 2.38. The van der Waals surface area contributed by atoms with Gasteiger partial charge in [-0.3, -0.25) is 9.69 Å². The molecular weight excluding hydrogens is 310 g/mol. The van der Waals surface area contributed by atoms with E-state index in [1.54, 1.807) is 0 Å². The van der Waals surface area contributed by atoms with E-state index in [4.69, 9.17) is 4.74 Å². The van der Waals surface area contributed by atoms with Gasteiger partial charge in [0.2, 0.25) is 0 Å². The molecule has 1 N–H and O–H groups in total. The molecule has 1 saturated heterocycles. The summed E-state index contributed by atoms with van der Waals surface area (Å²) in [7, 11) is 0. The fraction of sp³-hybridized carbons (Fsp3) is 0.500. The zero-order chi connectivity index (χ0) is 13.8. The summed E-state index contributed by atoms with van der Waals surface area (Å²) in [6, 6.07) is 7.43. The van der Waals surface area contributed by atoms with Crippen LogP contribution in [0.2, 0.25) is 0 Å². The number of aliphatic hydroxyl groups is 1. The molecule has 1 fully saturated rings. The number of carbonyl (C=O) groups is 1. The summed E-state index contributed by atoms with van der Waals surface area (Å²) in [5.74, 6) is 0.0817. The van der Waals surface area contributed by atoms with Crippen molar-refractivity contribution in [1.29, 1.82) is 0 Å². The number of hydrogen-bond donors (Lipinski definition) is 1.